The highest BCUT2D eigenvalue weighted by molar-refractivity contribution is 5.48. The van der Waals surface area contributed by atoms with Gasteiger partial charge in [-0.25, -0.2) is 4.39 Å². The first kappa shape index (κ1) is 7.00. The van der Waals surface area contributed by atoms with Gasteiger partial charge in [0.25, 0.3) is 0 Å². The van der Waals surface area contributed by atoms with Crippen molar-refractivity contribution >= 4 is 6.08 Å². The molecule has 1 aromatic rings. The van der Waals surface area contributed by atoms with Crippen LogP contribution in [0.4, 0.5) is 4.39 Å². The van der Waals surface area contributed by atoms with Crippen molar-refractivity contribution < 1.29 is 4.39 Å². The summed E-state index contributed by atoms with van der Waals surface area (Å²) in [5, 5.41) is 0. The minimum atomic E-state index is -0.273. The van der Waals surface area contributed by atoms with Crippen LogP contribution < -0.4 is 0 Å². The van der Waals surface area contributed by atoms with Gasteiger partial charge in [0.2, 0.25) is 0 Å². The third-order valence-electron chi connectivity index (χ3n) is 1.31. The maximum Gasteiger partial charge on any atom is 0.126 e. The molecular weight excluding hydrogens is 127 g/mol. The van der Waals surface area contributed by atoms with E-state index < -0.39 is 0 Å². The van der Waals surface area contributed by atoms with Crippen LogP contribution in [0.15, 0.2) is 24.8 Å². The van der Waals surface area contributed by atoms with Crippen LogP contribution in [0.1, 0.15) is 11.1 Å². The van der Waals surface area contributed by atoms with E-state index in [9.17, 15) is 4.39 Å². The lowest BCUT2D eigenvalue weighted by Gasteiger charge is -1.95. The molecule has 0 aliphatic carbocycles. The molecule has 10 heavy (non-hydrogen) atoms. The fraction of sp³-hybridized carbons (Fsp3) is 0. The van der Waals surface area contributed by atoms with Gasteiger partial charge in [0, 0.05) is 0 Å². The lowest BCUT2D eigenvalue weighted by Crippen LogP contribution is -1.81. The van der Waals surface area contributed by atoms with Crippen LogP contribution in [0.25, 0.3) is 6.08 Å². The monoisotopic (exact) mass is 135 g/mol. The predicted octanol–water partition coefficient (Wildman–Crippen LogP) is 2.65. The van der Waals surface area contributed by atoms with Crippen molar-refractivity contribution in [3.63, 3.8) is 0 Å². The molecule has 51 valence electrons. The zero-order valence-electron chi connectivity index (χ0n) is 5.60. The van der Waals surface area contributed by atoms with E-state index in [1.54, 1.807) is 18.2 Å². The highest BCUT2D eigenvalue weighted by Crippen LogP contribution is 2.09. The first-order valence-electron chi connectivity index (χ1n) is 2.98. The van der Waals surface area contributed by atoms with Gasteiger partial charge in [-0.3, -0.25) is 0 Å². The lowest BCUT2D eigenvalue weighted by molar-refractivity contribution is 0.622. The Morgan fingerprint density at radius 1 is 1.40 bits per heavy atom. The Kier molecular flexibility index (Phi) is 1.86. The molecule has 1 aromatic carbocycles. The van der Waals surface area contributed by atoms with Crippen molar-refractivity contribution in [2.75, 3.05) is 0 Å². The predicted molar refractivity (Wildman–Crippen MR) is 41.0 cm³/mol. The molecule has 0 amide bonds. The molecule has 1 heteroatoms. The van der Waals surface area contributed by atoms with E-state index >= 15 is 0 Å². The Bertz CT molecular complexity index is 251. The van der Waals surface area contributed by atoms with Crippen LogP contribution in [-0.2, 0) is 0 Å². The van der Waals surface area contributed by atoms with Gasteiger partial charge in [0.15, 0.2) is 0 Å². The van der Waals surface area contributed by atoms with Gasteiger partial charge in [-0.05, 0) is 30.2 Å². The lowest BCUT2D eigenvalue weighted by atomic mass is 10.1. The average molecular weight is 135 g/mol. The van der Waals surface area contributed by atoms with E-state index in [0.29, 0.717) is 5.56 Å². The maximum atomic E-state index is 12.5. The van der Waals surface area contributed by atoms with E-state index in [2.05, 4.69) is 13.5 Å². The van der Waals surface area contributed by atoms with Crippen LogP contribution >= 0.6 is 0 Å². The van der Waals surface area contributed by atoms with Crippen LogP contribution in [0.2, 0.25) is 0 Å². The fourth-order valence-corrected chi connectivity index (χ4v) is 0.722. The van der Waals surface area contributed by atoms with E-state index in [-0.39, 0.29) is 5.82 Å². The molecule has 0 heterocycles. The van der Waals surface area contributed by atoms with Crippen molar-refractivity contribution in [1.29, 1.82) is 0 Å². The molecule has 1 rings (SSSR count). The summed E-state index contributed by atoms with van der Waals surface area (Å²) >= 11 is 0. The minimum Gasteiger partial charge on any atom is -0.207 e. The zero-order chi connectivity index (χ0) is 7.56. The molecule has 0 N–H and O–H groups in total. The van der Waals surface area contributed by atoms with Crippen LogP contribution in [0, 0.1) is 12.7 Å². The Morgan fingerprint density at radius 3 is 2.60 bits per heavy atom. The van der Waals surface area contributed by atoms with E-state index in [0.717, 1.165) is 5.56 Å². The molecule has 0 aromatic heterocycles. The number of benzene rings is 1. The third kappa shape index (κ3) is 1.24. The van der Waals surface area contributed by atoms with Gasteiger partial charge >= 0.3 is 0 Å². The third-order valence-corrected chi connectivity index (χ3v) is 1.31. The molecule has 0 aliphatic rings. The fourth-order valence-electron chi connectivity index (χ4n) is 0.722. The minimum absolute atomic E-state index is 0.273. The molecule has 0 unspecified atom stereocenters. The molecule has 0 spiro atoms. The SMILES string of the molecule is [CH2]c1cc(C=C)ccc1F. The summed E-state index contributed by atoms with van der Waals surface area (Å²) in [6, 6.07) is 4.71. The van der Waals surface area contributed by atoms with E-state index in [4.69, 9.17) is 0 Å². The van der Waals surface area contributed by atoms with E-state index in [1.807, 2.05) is 0 Å². The molecule has 0 nitrogen and oxygen atoms in total. The molecule has 0 aliphatic heterocycles. The maximum absolute atomic E-state index is 12.5. The first-order valence-corrected chi connectivity index (χ1v) is 2.98. The van der Waals surface area contributed by atoms with Crippen LogP contribution in [0.5, 0.6) is 0 Å². The van der Waals surface area contributed by atoms with Gasteiger partial charge in [-0.15, -0.1) is 0 Å². The topological polar surface area (TPSA) is 0 Å². The Morgan fingerprint density at radius 2 is 2.10 bits per heavy atom. The highest BCUT2D eigenvalue weighted by atomic mass is 19.1. The van der Waals surface area contributed by atoms with Crippen molar-refractivity contribution in [2.45, 2.75) is 0 Å². The Hall–Kier alpha value is -1.11. The Labute approximate surface area is 60.0 Å². The second kappa shape index (κ2) is 2.65. The molecule has 0 bridgehead atoms. The summed E-state index contributed by atoms with van der Waals surface area (Å²) in [5.41, 5.74) is 1.31. The second-order valence-electron chi connectivity index (χ2n) is 2.05. The summed E-state index contributed by atoms with van der Waals surface area (Å²) in [6.45, 7) is 7.06. The molecular formula is C9H8F. The van der Waals surface area contributed by atoms with Crippen molar-refractivity contribution in [1.82, 2.24) is 0 Å². The number of hydrogen-bond acceptors (Lipinski definition) is 0. The van der Waals surface area contributed by atoms with Crippen molar-refractivity contribution in [3.8, 4) is 0 Å². The largest absolute Gasteiger partial charge is 0.207 e. The van der Waals surface area contributed by atoms with E-state index in [1.165, 1.54) is 6.07 Å². The quantitative estimate of drug-likeness (QED) is 0.555. The Balaban J connectivity index is 3.16. The number of rotatable bonds is 1. The van der Waals surface area contributed by atoms with Gasteiger partial charge in [-0.1, -0.05) is 18.7 Å². The summed E-state index contributed by atoms with van der Waals surface area (Å²) < 4.78 is 12.5. The zero-order valence-corrected chi connectivity index (χ0v) is 5.60. The molecule has 1 radical (unpaired) electrons. The summed E-state index contributed by atoms with van der Waals surface area (Å²) in [4.78, 5) is 0. The van der Waals surface area contributed by atoms with Gasteiger partial charge < -0.3 is 0 Å². The smallest absolute Gasteiger partial charge is 0.126 e. The summed E-state index contributed by atoms with van der Waals surface area (Å²) in [6.07, 6.45) is 1.66. The summed E-state index contributed by atoms with van der Waals surface area (Å²) in [7, 11) is 0. The van der Waals surface area contributed by atoms with Gasteiger partial charge in [-0.2, -0.15) is 0 Å². The number of halogens is 1. The molecule has 0 atom stereocenters. The first-order chi connectivity index (χ1) is 4.74. The average Bonchev–Trinajstić information content (AvgIpc) is 1.95. The van der Waals surface area contributed by atoms with Crippen molar-refractivity contribution in [3.05, 3.63) is 48.6 Å². The highest BCUT2D eigenvalue weighted by Gasteiger charge is 1.94. The standard InChI is InChI=1S/C9H8F/c1-3-8-4-5-9(10)7(2)6-8/h3-6H,1-2H2. The number of hydrogen-bond donors (Lipinski definition) is 0. The van der Waals surface area contributed by atoms with Crippen LogP contribution in [0.3, 0.4) is 0 Å². The molecule has 0 saturated heterocycles. The molecule has 0 fully saturated rings. The van der Waals surface area contributed by atoms with Gasteiger partial charge in [0.05, 0.1) is 0 Å². The van der Waals surface area contributed by atoms with Crippen molar-refractivity contribution in [2.24, 2.45) is 0 Å². The second-order valence-corrected chi connectivity index (χ2v) is 2.05. The van der Waals surface area contributed by atoms with Gasteiger partial charge in [0.1, 0.15) is 5.82 Å². The molecule has 0 saturated carbocycles. The summed E-state index contributed by atoms with van der Waals surface area (Å²) in [5.74, 6) is -0.273. The van der Waals surface area contributed by atoms with Crippen LogP contribution in [-0.4, -0.2) is 0 Å². The normalized spacial score (nSPS) is 9.40.